The van der Waals surface area contributed by atoms with Crippen LogP contribution in [0.4, 0.5) is 5.69 Å². The summed E-state index contributed by atoms with van der Waals surface area (Å²) >= 11 is 5.84. The van der Waals surface area contributed by atoms with Crippen LogP contribution >= 0.6 is 11.6 Å². The maximum atomic E-state index is 11.7. The number of aliphatic carboxylic acids is 1. The summed E-state index contributed by atoms with van der Waals surface area (Å²) in [6.07, 6.45) is 3.13. The molecule has 19 heavy (non-hydrogen) atoms. The maximum absolute atomic E-state index is 11.7. The molecule has 1 aromatic carbocycles. The molecule has 0 saturated heterocycles. The van der Waals surface area contributed by atoms with E-state index in [0.29, 0.717) is 17.9 Å². The van der Waals surface area contributed by atoms with Gasteiger partial charge in [-0.25, -0.2) is 4.79 Å². The largest absolute Gasteiger partial charge is 0.480 e. The fraction of sp³-hybridized carbons (Fsp3) is 0.533. The standard InChI is InChI=1S/C15H20ClNO2/c1-14(2)7-9-15(10-8-14,13(18)19)17-12-5-3-11(16)4-6-12/h3-6,17H,7-10H2,1-2H3,(H,18,19). The minimum absolute atomic E-state index is 0.237. The van der Waals surface area contributed by atoms with Gasteiger partial charge in [-0.1, -0.05) is 25.4 Å². The lowest BCUT2D eigenvalue weighted by molar-refractivity contribution is -0.144. The number of hydrogen-bond acceptors (Lipinski definition) is 2. The van der Waals surface area contributed by atoms with Gasteiger partial charge in [0.25, 0.3) is 0 Å². The summed E-state index contributed by atoms with van der Waals surface area (Å²) in [4.78, 5) is 11.7. The molecule has 3 nitrogen and oxygen atoms in total. The van der Waals surface area contributed by atoms with Crippen LogP contribution in [-0.2, 0) is 4.79 Å². The van der Waals surface area contributed by atoms with Gasteiger partial charge in [-0.15, -0.1) is 0 Å². The highest BCUT2D eigenvalue weighted by Gasteiger charge is 2.44. The van der Waals surface area contributed by atoms with Crippen molar-refractivity contribution in [3.63, 3.8) is 0 Å². The molecule has 4 heteroatoms. The number of carboxylic acids is 1. The van der Waals surface area contributed by atoms with E-state index in [1.807, 2.05) is 12.1 Å². The molecule has 1 fully saturated rings. The minimum Gasteiger partial charge on any atom is -0.480 e. The number of halogens is 1. The van der Waals surface area contributed by atoms with Gasteiger partial charge in [-0.05, 0) is 55.4 Å². The van der Waals surface area contributed by atoms with Crippen LogP contribution in [0.15, 0.2) is 24.3 Å². The number of hydrogen-bond donors (Lipinski definition) is 2. The quantitative estimate of drug-likeness (QED) is 0.874. The smallest absolute Gasteiger partial charge is 0.329 e. The molecule has 1 aliphatic rings. The number of anilines is 1. The van der Waals surface area contributed by atoms with Gasteiger partial charge in [-0.2, -0.15) is 0 Å². The average molecular weight is 282 g/mol. The van der Waals surface area contributed by atoms with Crippen molar-refractivity contribution in [1.82, 2.24) is 0 Å². The van der Waals surface area contributed by atoms with Crippen molar-refractivity contribution in [3.8, 4) is 0 Å². The van der Waals surface area contributed by atoms with E-state index in [1.54, 1.807) is 12.1 Å². The van der Waals surface area contributed by atoms with Crippen LogP contribution in [0.25, 0.3) is 0 Å². The Morgan fingerprint density at radius 2 is 1.68 bits per heavy atom. The predicted molar refractivity (Wildman–Crippen MR) is 77.7 cm³/mol. The van der Waals surface area contributed by atoms with Crippen LogP contribution < -0.4 is 5.32 Å². The Labute approximate surface area is 119 Å². The minimum atomic E-state index is -0.844. The van der Waals surface area contributed by atoms with Gasteiger partial charge in [-0.3, -0.25) is 0 Å². The molecule has 1 saturated carbocycles. The van der Waals surface area contributed by atoms with Crippen molar-refractivity contribution in [2.45, 2.75) is 45.1 Å². The lowest BCUT2D eigenvalue weighted by Gasteiger charge is -2.41. The molecule has 104 valence electrons. The van der Waals surface area contributed by atoms with Crippen LogP contribution in [0, 0.1) is 5.41 Å². The van der Waals surface area contributed by atoms with E-state index < -0.39 is 11.5 Å². The molecular weight excluding hydrogens is 262 g/mol. The number of benzene rings is 1. The van der Waals surface area contributed by atoms with E-state index in [9.17, 15) is 9.90 Å². The average Bonchev–Trinajstić information content (AvgIpc) is 2.35. The van der Waals surface area contributed by atoms with Gasteiger partial charge in [0.2, 0.25) is 0 Å². The molecule has 0 atom stereocenters. The van der Waals surface area contributed by atoms with Crippen molar-refractivity contribution in [1.29, 1.82) is 0 Å². The summed E-state index contributed by atoms with van der Waals surface area (Å²) in [5, 5.41) is 13.4. The number of nitrogens with one attached hydrogen (secondary N) is 1. The van der Waals surface area contributed by atoms with E-state index in [2.05, 4.69) is 19.2 Å². The Balaban J connectivity index is 2.17. The number of rotatable bonds is 3. The Kier molecular flexibility index (Phi) is 3.77. The van der Waals surface area contributed by atoms with E-state index in [0.717, 1.165) is 18.5 Å². The molecule has 1 aliphatic carbocycles. The third-order valence-corrected chi connectivity index (χ3v) is 4.35. The van der Waals surface area contributed by atoms with Crippen molar-refractivity contribution < 1.29 is 9.90 Å². The fourth-order valence-corrected chi connectivity index (χ4v) is 2.68. The molecule has 0 spiro atoms. The zero-order valence-electron chi connectivity index (χ0n) is 11.4. The SMILES string of the molecule is CC1(C)CCC(Nc2ccc(Cl)cc2)(C(=O)O)CC1. The summed E-state index contributed by atoms with van der Waals surface area (Å²) in [6.45, 7) is 4.39. The Hall–Kier alpha value is -1.22. The second-order valence-electron chi connectivity index (χ2n) is 6.18. The lowest BCUT2D eigenvalue weighted by Crippen LogP contribution is -2.50. The molecule has 1 aromatic rings. The Morgan fingerprint density at radius 3 is 2.16 bits per heavy atom. The monoisotopic (exact) mass is 281 g/mol. The first kappa shape index (κ1) is 14.2. The molecular formula is C15H20ClNO2. The highest BCUT2D eigenvalue weighted by Crippen LogP contribution is 2.41. The van der Waals surface area contributed by atoms with E-state index in [4.69, 9.17) is 11.6 Å². The van der Waals surface area contributed by atoms with E-state index >= 15 is 0 Å². The summed E-state index contributed by atoms with van der Waals surface area (Å²) in [5.74, 6) is -0.766. The van der Waals surface area contributed by atoms with Crippen LogP contribution in [0.2, 0.25) is 5.02 Å². The summed E-state index contributed by atoms with van der Waals surface area (Å²) in [6, 6.07) is 7.19. The van der Waals surface area contributed by atoms with Crippen molar-refractivity contribution in [3.05, 3.63) is 29.3 Å². The first-order chi connectivity index (χ1) is 8.83. The second kappa shape index (κ2) is 5.04. The van der Waals surface area contributed by atoms with Crippen molar-refractivity contribution >= 4 is 23.3 Å². The Morgan fingerprint density at radius 1 is 1.16 bits per heavy atom. The third kappa shape index (κ3) is 3.21. The van der Waals surface area contributed by atoms with Gasteiger partial charge in [0, 0.05) is 10.7 Å². The zero-order chi connectivity index (χ0) is 14.1. The van der Waals surface area contributed by atoms with Gasteiger partial charge in [0.1, 0.15) is 5.54 Å². The molecule has 0 radical (unpaired) electrons. The van der Waals surface area contributed by atoms with E-state index in [1.165, 1.54) is 0 Å². The molecule has 0 heterocycles. The first-order valence-corrected chi connectivity index (χ1v) is 6.98. The fourth-order valence-electron chi connectivity index (χ4n) is 2.56. The summed E-state index contributed by atoms with van der Waals surface area (Å²) in [7, 11) is 0. The van der Waals surface area contributed by atoms with Crippen LogP contribution in [0.3, 0.4) is 0 Å². The van der Waals surface area contributed by atoms with E-state index in [-0.39, 0.29) is 5.41 Å². The molecule has 2 N–H and O–H groups in total. The van der Waals surface area contributed by atoms with Gasteiger partial charge in [0.15, 0.2) is 0 Å². The molecule has 0 amide bonds. The lowest BCUT2D eigenvalue weighted by atomic mass is 9.69. The van der Waals surface area contributed by atoms with Crippen molar-refractivity contribution in [2.75, 3.05) is 5.32 Å². The zero-order valence-corrected chi connectivity index (χ0v) is 12.1. The topological polar surface area (TPSA) is 49.3 Å². The number of carbonyl (C=O) groups is 1. The van der Waals surface area contributed by atoms with Gasteiger partial charge >= 0.3 is 5.97 Å². The van der Waals surface area contributed by atoms with Crippen LogP contribution in [0.1, 0.15) is 39.5 Å². The highest BCUT2D eigenvalue weighted by molar-refractivity contribution is 6.30. The summed E-state index contributed by atoms with van der Waals surface area (Å²) < 4.78 is 0. The maximum Gasteiger partial charge on any atom is 0.329 e. The predicted octanol–water partition coefficient (Wildman–Crippen LogP) is 4.18. The second-order valence-corrected chi connectivity index (χ2v) is 6.62. The highest BCUT2D eigenvalue weighted by atomic mass is 35.5. The molecule has 0 aliphatic heterocycles. The van der Waals surface area contributed by atoms with Gasteiger partial charge in [0.05, 0.1) is 0 Å². The van der Waals surface area contributed by atoms with Crippen LogP contribution in [0.5, 0.6) is 0 Å². The molecule has 2 rings (SSSR count). The number of carboxylic acid groups (broad SMARTS) is 1. The Bertz CT molecular complexity index is 458. The molecule has 0 unspecified atom stereocenters. The molecule has 0 bridgehead atoms. The first-order valence-electron chi connectivity index (χ1n) is 6.60. The van der Waals surface area contributed by atoms with Gasteiger partial charge < -0.3 is 10.4 Å². The molecule has 0 aromatic heterocycles. The van der Waals surface area contributed by atoms with Crippen LogP contribution in [-0.4, -0.2) is 16.6 Å². The van der Waals surface area contributed by atoms with Crippen molar-refractivity contribution in [2.24, 2.45) is 5.41 Å². The summed E-state index contributed by atoms with van der Waals surface area (Å²) in [5.41, 5.74) is 0.204. The normalized spacial score (nSPS) is 20.8. The third-order valence-electron chi connectivity index (χ3n) is 4.09.